The predicted molar refractivity (Wildman–Crippen MR) is 107 cm³/mol. The Morgan fingerprint density at radius 3 is 2.41 bits per heavy atom. The van der Waals surface area contributed by atoms with E-state index >= 15 is 0 Å². The Labute approximate surface area is 173 Å². The zero-order valence-corrected chi connectivity index (χ0v) is 16.3. The number of carbonyl (C=O) groups is 3. The van der Waals surface area contributed by atoms with Gasteiger partial charge in [-0.2, -0.15) is 0 Å². The fourth-order valence-electron chi connectivity index (χ4n) is 2.08. The summed E-state index contributed by atoms with van der Waals surface area (Å²) >= 11 is 5.75. The van der Waals surface area contributed by atoms with E-state index in [2.05, 4.69) is 5.32 Å². The fourth-order valence-corrected chi connectivity index (χ4v) is 2.20. The number of carbonyl (C=O) groups excluding carboxylic acids is 3. The van der Waals surface area contributed by atoms with Crippen molar-refractivity contribution >= 4 is 35.7 Å². The van der Waals surface area contributed by atoms with E-state index in [-0.39, 0.29) is 13.0 Å². The molecule has 2 aromatic rings. The van der Waals surface area contributed by atoms with Gasteiger partial charge < -0.3 is 19.5 Å². The molecule has 0 saturated carbocycles. The van der Waals surface area contributed by atoms with Gasteiger partial charge in [-0.05, 0) is 42.3 Å². The highest BCUT2D eigenvalue weighted by Gasteiger charge is 2.07. The zero-order valence-electron chi connectivity index (χ0n) is 15.5. The third-order valence-electron chi connectivity index (χ3n) is 3.47. The number of rotatable bonds is 9. The number of alkyl carbamates (subject to hydrolysis) is 1. The summed E-state index contributed by atoms with van der Waals surface area (Å²) in [6.07, 6.45) is 2.55. The molecule has 0 heterocycles. The van der Waals surface area contributed by atoms with Crippen LogP contribution in [-0.2, 0) is 19.1 Å². The third kappa shape index (κ3) is 9.44. The standard InChI is InChI=1S/C21H20ClNO6/c22-17-9-11-18(12-10-17)29-20(25)7-4-14-23-21(26)28-15-27-19(24)13-8-16-5-2-1-3-6-16/h1-3,5-6,8-13H,4,7,14-15H2,(H,23,26). The van der Waals surface area contributed by atoms with Crippen molar-refractivity contribution in [3.8, 4) is 5.75 Å². The van der Waals surface area contributed by atoms with Crippen LogP contribution < -0.4 is 10.1 Å². The van der Waals surface area contributed by atoms with Gasteiger partial charge in [0.15, 0.2) is 0 Å². The van der Waals surface area contributed by atoms with Crippen LogP contribution in [0.4, 0.5) is 4.79 Å². The van der Waals surface area contributed by atoms with Crippen LogP contribution in [0.5, 0.6) is 5.75 Å². The minimum Gasteiger partial charge on any atom is -0.427 e. The van der Waals surface area contributed by atoms with Gasteiger partial charge in [-0.15, -0.1) is 0 Å². The van der Waals surface area contributed by atoms with E-state index in [1.165, 1.54) is 6.08 Å². The number of benzene rings is 2. The SMILES string of the molecule is O=C(C=Cc1ccccc1)OCOC(=O)NCCCC(=O)Oc1ccc(Cl)cc1. The maximum absolute atomic E-state index is 11.7. The van der Waals surface area contributed by atoms with Gasteiger partial charge in [-0.25, -0.2) is 9.59 Å². The van der Waals surface area contributed by atoms with E-state index in [0.29, 0.717) is 17.2 Å². The lowest BCUT2D eigenvalue weighted by atomic mass is 10.2. The largest absolute Gasteiger partial charge is 0.427 e. The number of esters is 2. The Morgan fingerprint density at radius 1 is 0.966 bits per heavy atom. The quantitative estimate of drug-likeness (QED) is 0.218. The van der Waals surface area contributed by atoms with Crippen LogP contribution in [0, 0.1) is 0 Å². The second-order valence-corrected chi connectivity index (χ2v) is 6.15. The monoisotopic (exact) mass is 417 g/mol. The van der Waals surface area contributed by atoms with E-state index in [1.54, 1.807) is 30.3 Å². The summed E-state index contributed by atoms with van der Waals surface area (Å²) in [4.78, 5) is 34.7. The Hall–Kier alpha value is -3.32. The Bertz CT molecular complexity index is 836. The minimum atomic E-state index is -0.754. The lowest BCUT2D eigenvalue weighted by Gasteiger charge is -2.07. The van der Waals surface area contributed by atoms with Gasteiger partial charge in [-0.3, -0.25) is 4.79 Å². The molecule has 0 aromatic heterocycles. The first-order valence-corrected chi connectivity index (χ1v) is 9.17. The molecule has 7 nitrogen and oxygen atoms in total. The molecule has 0 aliphatic rings. The molecule has 2 rings (SSSR count). The molecule has 0 atom stereocenters. The molecular weight excluding hydrogens is 398 g/mol. The number of halogens is 1. The summed E-state index contributed by atoms with van der Waals surface area (Å²) in [7, 11) is 0. The van der Waals surface area contributed by atoms with Gasteiger partial charge >= 0.3 is 18.0 Å². The average molecular weight is 418 g/mol. The molecule has 0 fully saturated rings. The van der Waals surface area contributed by atoms with Crippen LogP contribution in [0.25, 0.3) is 6.08 Å². The summed E-state index contributed by atoms with van der Waals surface area (Å²) in [5.41, 5.74) is 0.845. The van der Waals surface area contributed by atoms with Crippen LogP contribution in [0.2, 0.25) is 5.02 Å². The van der Waals surface area contributed by atoms with Crippen LogP contribution >= 0.6 is 11.6 Å². The third-order valence-corrected chi connectivity index (χ3v) is 3.73. The van der Waals surface area contributed by atoms with Gasteiger partial charge in [0.05, 0.1) is 0 Å². The first-order valence-electron chi connectivity index (χ1n) is 8.80. The molecule has 0 radical (unpaired) electrons. The smallest absolute Gasteiger partial charge is 0.410 e. The summed E-state index contributed by atoms with van der Waals surface area (Å²) < 4.78 is 14.6. The van der Waals surface area contributed by atoms with Crippen molar-refractivity contribution in [2.24, 2.45) is 0 Å². The molecule has 0 saturated heterocycles. The number of hydrogen-bond acceptors (Lipinski definition) is 6. The van der Waals surface area contributed by atoms with Crippen LogP contribution in [0.1, 0.15) is 18.4 Å². The van der Waals surface area contributed by atoms with E-state index in [4.69, 9.17) is 25.8 Å². The normalized spacial score (nSPS) is 10.4. The van der Waals surface area contributed by atoms with Crippen molar-refractivity contribution in [1.29, 1.82) is 0 Å². The topological polar surface area (TPSA) is 90.9 Å². The molecule has 0 spiro atoms. The van der Waals surface area contributed by atoms with Gasteiger partial charge in [0, 0.05) is 24.1 Å². The maximum atomic E-state index is 11.7. The molecule has 0 aliphatic heterocycles. The van der Waals surface area contributed by atoms with Crippen molar-refractivity contribution in [3.63, 3.8) is 0 Å². The molecule has 1 amide bonds. The van der Waals surface area contributed by atoms with E-state index < -0.39 is 24.8 Å². The highest BCUT2D eigenvalue weighted by atomic mass is 35.5. The molecule has 1 N–H and O–H groups in total. The molecule has 8 heteroatoms. The Balaban J connectivity index is 1.53. The lowest BCUT2D eigenvalue weighted by Crippen LogP contribution is -2.27. The van der Waals surface area contributed by atoms with Crippen molar-refractivity contribution in [2.75, 3.05) is 13.3 Å². The predicted octanol–water partition coefficient (Wildman–Crippen LogP) is 3.97. The van der Waals surface area contributed by atoms with E-state index in [0.717, 1.165) is 5.56 Å². The number of amides is 1. The van der Waals surface area contributed by atoms with Crippen molar-refractivity contribution < 1.29 is 28.6 Å². The Kier molecular flexibility index (Phi) is 9.24. The molecular formula is C21H20ClNO6. The summed E-state index contributed by atoms with van der Waals surface area (Å²) in [6, 6.07) is 15.6. The van der Waals surface area contributed by atoms with Crippen LogP contribution in [0.15, 0.2) is 60.7 Å². The molecule has 0 aliphatic carbocycles. The fraction of sp³-hybridized carbons (Fsp3) is 0.190. The maximum Gasteiger partial charge on any atom is 0.410 e. The van der Waals surface area contributed by atoms with Crippen LogP contribution in [0.3, 0.4) is 0 Å². The molecule has 0 unspecified atom stereocenters. The van der Waals surface area contributed by atoms with E-state index in [9.17, 15) is 14.4 Å². The van der Waals surface area contributed by atoms with Gasteiger partial charge in [0.25, 0.3) is 0 Å². The second kappa shape index (κ2) is 12.2. The molecule has 0 bridgehead atoms. The van der Waals surface area contributed by atoms with Crippen molar-refractivity contribution in [1.82, 2.24) is 5.32 Å². The molecule has 152 valence electrons. The first-order chi connectivity index (χ1) is 14.0. The number of hydrogen-bond donors (Lipinski definition) is 1. The highest BCUT2D eigenvalue weighted by Crippen LogP contribution is 2.16. The summed E-state index contributed by atoms with van der Waals surface area (Å²) in [5.74, 6) is -0.664. The van der Waals surface area contributed by atoms with Crippen molar-refractivity contribution in [2.45, 2.75) is 12.8 Å². The van der Waals surface area contributed by atoms with E-state index in [1.807, 2.05) is 30.3 Å². The van der Waals surface area contributed by atoms with Gasteiger partial charge in [0.1, 0.15) is 5.75 Å². The first kappa shape index (κ1) is 22.0. The van der Waals surface area contributed by atoms with Crippen molar-refractivity contribution in [3.05, 3.63) is 71.3 Å². The summed E-state index contributed by atoms with van der Waals surface area (Å²) in [5, 5.41) is 2.99. The number of nitrogens with one attached hydrogen (secondary N) is 1. The zero-order chi connectivity index (χ0) is 20.9. The number of ether oxygens (including phenoxy) is 3. The molecule has 29 heavy (non-hydrogen) atoms. The van der Waals surface area contributed by atoms with Gasteiger partial charge in [0.2, 0.25) is 6.79 Å². The average Bonchev–Trinajstić information content (AvgIpc) is 2.72. The minimum absolute atomic E-state index is 0.113. The molecule has 2 aromatic carbocycles. The second-order valence-electron chi connectivity index (χ2n) is 5.72. The van der Waals surface area contributed by atoms with Gasteiger partial charge in [-0.1, -0.05) is 41.9 Å². The highest BCUT2D eigenvalue weighted by molar-refractivity contribution is 6.30. The lowest BCUT2D eigenvalue weighted by molar-refractivity contribution is -0.145. The summed E-state index contributed by atoms with van der Waals surface area (Å²) in [6.45, 7) is -0.307. The Morgan fingerprint density at radius 2 is 1.69 bits per heavy atom. The van der Waals surface area contributed by atoms with Crippen LogP contribution in [-0.4, -0.2) is 31.4 Å².